The summed E-state index contributed by atoms with van der Waals surface area (Å²) in [4.78, 5) is 37.2. The van der Waals surface area contributed by atoms with E-state index >= 15 is 0 Å². The Kier molecular flexibility index (Phi) is 6.68. The van der Waals surface area contributed by atoms with Gasteiger partial charge in [-0.25, -0.2) is 18.0 Å². The molecule has 0 bridgehead atoms. The Morgan fingerprint density at radius 2 is 2.03 bits per heavy atom. The molecule has 3 rings (SSSR count). The molecule has 11 heteroatoms. The van der Waals surface area contributed by atoms with Gasteiger partial charge in [0, 0.05) is 26.2 Å². The number of carbonyl (C=O) groups is 3. The Morgan fingerprint density at radius 1 is 1.30 bits per heavy atom. The van der Waals surface area contributed by atoms with Gasteiger partial charge >= 0.3 is 12.0 Å². The molecule has 2 aliphatic heterocycles. The molecule has 2 heterocycles. The number of nitrogens with one attached hydrogen (secondary N) is 1. The average Bonchev–Trinajstić information content (AvgIpc) is 3.13. The molecule has 0 spiro atoms. The van der Waals surface area contributed by atoms with Gasteiger partial charge in [-0.3, -0.25) is 9.69 Å². The lowest BCUT2D eigenvalue weighted by Gasteiger charge is -2.30. The Hall–Kier alpha value is -2.17. The van der Waals surface area contributed by atoms with Crippen molar-refractivity contribution in [1.82, 2.24) is 14.5 Å². The summed E-state index contributed by atoms with van der Waals surface area (Å²) >= 11 is 6.14. The molecule has 2 atom stereocenters. The molecule has 2 aliphatic rings. The van der Waals surface area contributed by atoms with Crippen LogP contribution in [0.15, 0.2) is 23.1 Å². The maximum Gasteiger partial charge on any atom is 0.338 e. The number of piperidine rings is 1. The number of carbonyl (C=O) groups excluding carboxylic acids is 3. The number of amides is 3. The largest absolute Gasteiger partial charge is 0.449 e. The van der Waals surface area contributed by atoms with Crippen LogP contribution in [0.1, 0.15) is 37.0 Å². The van der Waals surface area contributed by atoms with Gasteiger partial charge in [0.25, 0.3) is 5.91 Å². The molecular formula is C19H24ClN3O6S. The van der Waals surface area contributed by atoms with E-state index in [1.54, 1.807) is 0 Å². The van der Waals surface area contributed by atoms with Crippen LogP contribution in [0.5, 0.6) is 0 Å². The van der Waals surface area contributed by atoms with Crippen LogP contribution in [0, 0.1) is 5.92 Å². The van der Waals surface area contributed by atoms with Crippen molar-refractivity contribution in [2.75, 3.05) is 26.2 Å². The molecule has 0 radical (unpaired) electrons. The molecule has 1 N–H and O–H groups in total. The highest BCUT2D eigenvalue weighted by atomic mass is 35.5. The number of sulfonamides is 1. The number of benzene rings is 1. The molecule has 0 aromatic heterocycles. The predicted molar refractivity (Wildman–Crippen MR) is 109 cm³/mol. The van der Waals surface area contributed by atoms with Crippen LogP contribution in [-0.2, 0) is 19.6 Å². The summed E-state index contributed by atoms with van der Waals surface area (Å²) < 4.78 is 32.6. The van der Waals surface area contributed by atoms with Gasteiger partial charge in [-0.2, -0.15) is 4.31 Å². The Bertz CT molecular complexity index is 967. The molecule has 9 nitrogen and oxygen atoms in total. The summed E-state index contributed by atoms with van der Waals surface area (Å²) in [6.45, 7) is 4.64. The minimum absolute atomic E-state index is 0.00244. The number of esters is 1. The Morgan fingerprint density at radius 3 is 2.67 bits per heavy atom. The summed E-state index contributed by atoms with van der Waals surface area (Å²) in [7, 11) is -3.88. The zero-order valence-electron chi connectivity index (χ0n) is 16.8. The van der Waals surface area contributed by atoms with Gasteiger partial charge in [0.15, 0.2) is 6.10 Å². The smallest absolute Gasteiger partial charge is 0.338 e. The maximum atomic E-state index is 13.1. The zero-order valence-corrected chi connectivity index (χ0v) is 18.3. The molecule has 2 fully saturated rings. The van der Waals surface area contributed by atoms with E-state index in [1.807, 2.05) is 6.92 Å². The van der Waals surface area contributed by atoms with Crippen molar-refractivity contribution in [1.29, 1.82) is 0 Å². The molecule has 164 valence electrons. The van der Waals surface area contributed by atoms with Crippen LogP contribution in [-0.4, -0.2) is 67.8 Å². The van der Waals surface area contributed by atoms with E-state index in [9.17, 15) is 22.8 Å². The van der Waals surface area contributed by atoms with Gasteiger partial charge < -0.3 is 10.1 Å². The number of ether oxygens (including phenoxy) is 1. The van der Waals surface area contributed by atoms with Crippen LogP contribution in [0.25, 0.3) is 0 Å². The van der Waals surface area contributed by atoms with Gasteiger partial charge in [-0.1, -0.05) is 18.5 Å². The fourth-order valence-corrected chi connectivity index (χ4v) is 5.61. The fourth-order valence-electron chi connectivity index (χ4n) is 3.51. The number of hydrogen-bond donors (Lipinski definition) is 1. The van der Waals surface area contributed by atoms with Crippen LogP contribution in [0.3, 0.4) is 0 Å². The Balaban J connectivity index is 1.78. The average molecular weight is 458 g/mol. The highest BCUT2D eigenvalue weighted by Crippen LogP contribution is 2.29. The molecule has 1 aromatic rings. The summed E-state index contributed by atoms with van der Waals surface area (Å²) in [5.74, 6) is -1.30. The second kappa shape index (κ2) is 8.91. The van der Waals surface area contributed by atoms with Crippen molar-refractivity contribution < 1.29 is 27.5 Å². The number of rotatable bonds is 5. The van der Waals surface area contributed by atoms with Crippen LogP contribution in [0.2, 0.25) is 5.02 Å². The number of halogens is 1. The standard InChI is InChI=1S/C19H24ClN3O6S/c1-12-4-3-8-22(11-12)30(27,28)16-10-14(5-6-15(16)20)18(25)29-13(2)17(24)23-9-7-21-19(23)26/h5-6,10,12-13H,3-4,7-9,11H2,1-2H3,(H,21,26). The van der Waals surface area contributed by atoms with Crippen molar-refractivity contribution in [3.63, 3.8) is 0 Å². The second-order valence-corrected chi connectivity index (χ2v) is 9.84. The van der Waals surface area contributed by atoms with E-state index in [0.29, 0.717) is 19.6 Å². The van der Waals surface area contributed by atoms with Crippen LogP contribution in [0.4, 0.5) is 4.79 Å². The van der Waals surface area contributed by atoms with Crippen molar-refractivity contribution in [3.05, 3.63) is 28.8 Å². The number of hydrogen-bond acceptors (Lipinski definition) is 6. The van der Waals surface area contributed by atoms with E-state index in [-0.39, 0.29) is 27.9 Å². The van der Waals surface area contributed by atoms with Crippen LogP contribution < -0.4 is 5.32 Å². The van der Waals surface area contributed by atoms with Crippen molar-refractivity contribution >= 4 is 39.5 Å². The number of imide groups is 1. The first-order chi connectivity index (χ1) is 14.1. The summed E-state index contributed by atoms with van der Waals surface area (Å²) in [6.07, 6.45) is 0.497. The normalized spacial score (nSPS) is 21.2. The third-order valence-electron chi connectivity index (χ3n) is 5.16. The molecule has 30 heavy (non-hydrogen) atoms. The van der Waals surface area contributed by atoms with Gasteiger partial charge in [-0.15, -0.1) is 0 Å². The monoisotopic (exact) mass is 457 g/mol. The quantitative estimate of drug-likeness (QED) is 0.675. The van der Waals surface area contributed by atoms with Gasteiger partial charge in [-0.05, 0) is 43.9 Å². The summed E-state index contributed by atoms with van der Waals surface area (Å²) in [5, 5.41) is 2.50. The highest BCUT2D eigenvalue weighted by Gasteiger charge is 2.33. The van der Waals surface area contributed by atoms with Crippen molar-refractivity contribution in [2.24, 2.45) is 5.92 Å². The molecule has 0 aliphatic carbocycles. The second-order valence-electron chi connectivity index (χ2n) is 7.52. The first-order valence-electron chi connectivity index (χ1n) is 9.71. The lowest BCUT2D eigenvalue weighted by Crippen LogP contribution is -2.41. The summed E-state index contributed by atoms with van der Waals surface area (Å²) in [6, 6.07) is 3.28. The van der Waals surface area contributed by atoms with Gasteiger partial charge in [0.1, 0.15) is 4.90 Å². The number of urea groups is 1. The molecule has 0 saturated carbocycles. The van der Waals surface area contributed by atoms with E-state index < -0.39 is 34.0 Å². The first kappa shape index (κ1) is 22.5. The lowest BCUT2D eigenvalue weighted by molar-refractivity contribution is -0.136. The minimum atomic E-state index is -3.88. The third-order valence-corrected chi connectivity index (χ3v) is 7.51. The van der Waals surface area contributed by atoms with Crippen molar-refractivity contribution in [2.45, 2.75) is 37.7 Å². The summed E-state index contributed by atoms with van der Waals surface area (Å²) in [5.41, 5.74) is -0.0476. The van der Waals surface area contributed by atoms with Gasteiger partial charge in [0.2, 0.25) is 10.0 Å². The van der Waals surface area contributed by atoms with Gasteiger partial charge in [0.05, 0.1) is 10.6 Å². The van der Waals surface area contributed by atoms with E-state index in [2.05, 4.69) is 5.32 Å². The predicted octanol–water partition coefficient (Wildman–Crippen LogP) is 1.86. The SMILES string of the molecule is CC1CCCN(S(=O)(=O)c2cc(C(=O)OC(C)C(=O)N3CCNC3=O)ccc2Cl)C1. The highest BCUT2D eigenvalue weighted by molar-refractivity contribution is 7.89. The lowest BCUT2D eigenvalue weighted by atomic mass is 10.0. The molecule has 3 amide bonds. The first-order valence-corrected chi connectivity index (χ1v) is 11.5. The van der Waals surface area contributed by atoms with E-state index in [0.717, 1.165) is 17.7 Å². The van der Waals surface area contributed by atoms with Crippen molar-refractivity contribution in [3.8, 4) is 0 Å². The number of nitrogens with zero attached hydrogens (tertiary/aromatic N) is 2. The molecule has 1 aromatic carbocycles. The van der Waals surface area contributed by atoms with Crippen LogP contribution >= 0.6 is 11.6 Å². The zero-order chi connectivity index (χ0) is 22.1. The van der Waals surface area contributed by atoms with E-state index in [4.69, 9.17) is 16.3 Å². The molecular weight excluding hydrogens is 434 g/mol. The fraction of sp³-hybridized carbons (Fsp3) is 0.526. The topological polar surface area (TPSA) is 113 Å². The third kappa shape index (κ3) is 4.60. The van der Waals surface area contributed by atoms with E-state index in [1.165, 1.54) is 29.4 Å². The minimum Gasteiger partial charge on any atom is -0.449 e. The molecule has 2 unspecified atom stereocenters. The Labute approximate surface area is 180 Å². The maximum absolute atomic E-state index is 13.1. The molecule has 2 saturated heterocycles.